The Kier molecular flexibility index (Phi) is 9.81. The standard InChI is InChI=1S/C76H48BN3/c1-4-17-49(18-5-1)51-31-35-63(36-32-51)79-71-45-59-41-55-23-12-10-21-53(55)39-57(59)43-67(71)77-68-44-58-40-54-22-11-13-24-56(54)42-60(58)46-72(68)80(64-37-33-52(34-38-64)50-19-6-2-7-20-50)74-48-61(47-73(79)76(74)77)65-28-16-30-70-75(65)66-27-14-15-29-69(66)78(70)62-25-8-3-9-26-62/h1-48H. The van der Waals surface area contributed by atoms with Gasteiger partial charge in [0.15, 0.2) is 0 Å². The van der Waals surface area contributed by atoms with Crippen LogP contribution in [0.15, 0.2) is 291 Å². The fraction of sp³-hybridized carbons (Fsp3) is 0. The molecule has 0 saturated heterocycles. The van der Waals surface area contributed by atoms with E-state index < -0.39 is 0 Å². The molecule has 0 aliphatic carbocycles. The second-order valence-electron chi connectivity index (χ2n) is 21.7. The molecule has 3 nitrogen and oxygen atoms in total. The van der Waals surface area contributed by atoms with E-state index in [0.717, 1.165) is 22.6 Å². The molecule has 0 saturated carbocycles. The number of para-hydroxylation sites is 2. The summed E-state index contributed by atoms with van der Waals surface area (Å²) in [5, 5.41) is 12.3. The van der Waals surface area contributed by atoms with Gasteiger partial charge in [-0.25, -0.2) is 0 Å². The van der Waals surface area contributed by atoms with Gasteiger partial charge in [-0.2, -0.15) is 0 Å². The van der Waals surface area contributed by atoms with E-state index >= 15 is 0 Å². The largest absolute Gasteiger partial charge is 0.311 e. The monoisotopic (exact) mass is 1010 g/mol. The van der Waals surface area contributed by atoms with Gasteiger partial charge in [0.1, 0.15) is 0 Å². The molecule has 15 aromatic rings. The highest BCUT2D eigenvalue weighted by molar-refractivity contribution is 7.00. The van der Waals surface area contributed by atoms with E-state index in [1.54, 1.807) is 0 Å². The summed E-state index contributed by atoms with van der Waals surface area (Å²) in [6.45, 7) is -0.110. The van der Waals surface area contributed by atoms with E-state index in [1.165, 1.54) is 132 Å². The molecule has 2 aliphatic rings. The molecular formula is C76H48BN3. The van der Waals surface area contributed by atoms with Crippen molar-refractivity contribution in [1.29, 1.82) is 0 Å². The Hall–Kier alpha value is -10.4. The van der Waals surface area contributed by atoms with Gasteiger partial charge in [-0.05, 0) is 190 Å². The highest BCUT2D eigenvalue weighted by Crippen LogP contribution is 2.49. The zero-order chi connectivity index (χ0) is 52.4. The van der Waals surface area contributed by atoms with Gasteiger partial charge in [0.25, 0.3) is 6.71 Å². The molecule has 0 N–H and O–H groups in total. The Morgan fingerprint density at radius 2 is 0.662 bits per heavy atom. The topological polar surface area (TPSA) is 11.4 Å². The number of hydrogen-bond acceptors (Lipinski definition) is 2. The van der Waals surface area contributed by atoms with Crippen molar-refractivity contribution in [1.82, 2.24) is 4.57 Å². The minimum absolute atomic E-state index is 0.110. The minimum Gasteiger partial charge on any atom is -0.311 e. The summed E-state index contributed by atoms with van der Waals surface area (Å²) >= 11 is 0. The van der Waals surface area contributed by atoms with Crippen LogP contribution in [0.4, 0.5) is 34.1 Å². The van der Waals surface area contributed by atoms with Gasteiger partial charge in [-0.15, -0.1) is 0 Å². The third kappa shape index (κ3) is 6.89. The molecule has 0 bridgehead atoms. The third-order valence-corrected chi connectivity index (χ3v) is 17.2. The predicted molar refractivity (Wildman–Crippen MR) is 341 cm³/mol. The highest BCUT2D eigenvalue weighted by atomic mass is 15.2. The predicted octanol–water partition coefficient (Wildman–Crippen LogP) is 18.5. The molecule has 0 fully saturated rings. The van der Waals surface area contributed by atoms with Gasteiger partial charge in [-0.1, -0.05) is 194 Å². The van der Waals surface area contributed by atoms with Crippen LogP contribution in [0, 0.1) is 0 Å². The molecule has 14 aromatic carbocycles. The van der Waals surface area contributed by atoms with E-state index in [-0.39, 0.29) is 6.71 Å². The maximum atomic E-state index is 2.58. The van der Waals surface area contributed by atoms with E-state index in [2.05, 4.69) is 306 Å². The van der Waals surface area contributed by atoms with E-state index in [9.17, 15) is 0 Å². The first kappa shape index (κ1) is 44.7. The molecule has 0 atom stereocenters. The third-order valence-electron chi connectivity index (χ3n) is 17.2. The first-order valence-corrected chi connectivity index (χ1v) is 27.8. The molecule has 4 heteroatoms. The first-order valence-electron chi connectivity index (χ1n) is 27.8. The van der Waals surface area contributed by atoms with Crippen LogP contribution in [0.5, 0.6) is 0 Å². The van der Waals surface area contributed by atoms with Crippen LogP contribution >= 0.6 is 0 Å². The Balaban J connectivity index is 1.01. The first-order chi connectivity index (χ1) is 39.6. The molecule has 3 heterocycles. The van der Waals surface area contributed by atoms with Crippen molar-refractivity contribution in [3.05, 3.63) is 291 Å². The molecule has 80 heavy (non-hydrogen) atoms. The van der Waals surface area contributed by atoms with Crippen LogP contribution in [-0.4, -0.2) is 11.3 Å². The zero-order valence-corrected chi connectivity index (χ0v) is 43.6. The molecule has 0 unspecified atom stereocenters. The second-order valence-corrected chi connectivity index (χ2v) is 21.7. The summed E-state index contributed by atoms with van der Waals surface area (Å²) in [5.74, 6) is 0. The molecule has 17 rings (SSSR count). The molecule has 0 amide bonds. The number of fused-ring (bicyclic) bond motifs is 11. The van der Waals surface area contributed by atoms with Crippen LogP contribution in [0.2, 0.25) is 0 Å². The SMILES string of the molecule is c1ccc(-c2ccc(N3c4cc5cc6ccccc6cc5cc4B4c5cc6cc7ccccc7cc6cc5N(c5ccc(-c6ccccc6)cc5)c5cc(-c6cccc7c6c6ccccc6n7-c6ccccc6)cc3c54)cc2)cc1. The Morgan fingerprint density at radius 1 is 0.250 bits per heavy atom. The van der Waals surface area contributed by atoms with Gasteiger partial charge in [-0.3, -0.25) is 0 Å². The molecule has 2 aliphatic heterocycles. The lowest BCUT2D eigenvalue weighted by molar-refractivity contribution is 1.18. The number of hydrogen-bond donors (Lipinski definition) is 0. The summed E-state index contributed by atoms with van der Waals surface area (Å²) in [4.78, 5) is 5.17. The summed E-state index contributed by atoms with van der Waals surface area (Å²) in [6, 6.07) is 109. The average Bonchev–Trinajstić information content (AvgIpc) is 4.02. The molecular weight excluding hydrogens is 966 g/mol. The summed E-state index contributed by atoms with van der Waals surface area (Å²) in [7, 11) is 0. The van der Waals surface area contributed by atoms with Crippen molar-refractivity contribution < 1.29 is 0 Å². The number of nitrogens with zero attached hydrogens (tertiary/aromatic N) is 3. The van der Waals surface area contributed by atoms with Crippen molar-refractivity contribution in [3.63, 3.8) is 0 Å². The zero-order valence-electron chi connectivity index (χ0n) is 43.6. The van der Waals surface area contributed by atoms with Crippen molar-refractivity contribution in [3.8, 4) is 39.1 Å². The Morgan fingerprint density at radius 3 is 1.16 bits per heavy atom. The van der Waals surface area contributed by atoms with Crippen LogP contribution in [-0.2, 0) is 0 Å². The fourth-order valence-electron chi connectivity index (χ4n) is 13.6. The maximum Gasteiger partial charge on any atom is 0.252 e. The molecule has 370 valence electrons. The van der Waals surface area contributed by atoms with Gasteiger partial charge in [0, 0.05) is 50.6 Å². The summed E-state index contributed by atoms with van der Waals surface area (Å²) < 4.78 is 2.43. The van der Waals surface area contributed by atoms with E-state index in [4.69, 9.17) is 0 Å². The van der Waals surface area contributed by atoms with Crippen LogP contribution < -0.4 is 26.2 Å². The number of benzene rings is 14. The van der Waals surface area contributed by atoms with Crippen molar-refractivity contribution in [2.45, 2.75) is 0 Å². The molecule has 0 spiro atoms. The number of aromatic nitrogens is 1. The number of anilines is 6. The number of rotatable bonds is 6. The van der Waals surface area contributed by atoms with Crippen molar-refractivity contribution in [2.75, 3.05) is 9.80 Å². The smallest absolute Gasteiger partial charge is 0.252 e. The quantitative estimate of drug-likeness (QED) is 0.121. The lowest BCUT2D eigenvalue weighted by Crippen LogP contribution is -2.61. The van der Waals surface area contributed by atoms with Gasteiger partial charge >= 0.3 is 0 Å². The fourth-order valence-corrected chi connectivity index (χ4v) is 13.6. The maximum absolute atomic E-state index is 2.58. The van der Waals surface area contributed by atoms with Crippen LogP contribution in [0.25, 0.3) is 104 Å². The highest BCUT2D eigenvalue weighted by Gasteiger charge is 2.44. The van der Waals surface area contributed by atoms with Gasteiger partial charge in [0.05, 0.1) is 11.0 Å². The van der Waals surface area contributed by atoms with E-state index in [0.29, 0.717) is 0 Å². The van der Waals surface area contributed by atoms with Gasteiger partial charge < -0.3 is 14.4 Å². The van der Waals surface area contributed by atoms with Gasteiger partial charge in [0.2, 0.25) is 0 Å². The Bertz CT molecular complexity index is 4760. The average molecular weight is 1010 g/mol. The molecule has 0 radical (unpaired) electrons. The van der Waals surface area contributed by atoms with Crippen molar-refractivity contribution >= 4 is 122 Å². The summed E-state index contributed by atoms with van der Waals surface area (Å²) in [5.41, 5.74) is 21.4. The Labute approximate surface area is 464 Å². The minimum atomic E-state index is -0.110. The normalized spacial score (nSPS) is 12.7. The van der Waals surface area contributed by atoms with Crippen molar-refractivity contribution in [2.24, 2.45) is 0 Å². The summed E-state index contributed by atoms with van der Waals surface area (Å²) in [6.07, 6.45) is 0. The second kappa shape index (κ2) is 17.6. The van der Waals surface area contributed by atoms with E-state index in [1.807, 2.05) is 0 Å². The molecule has 1 aromatic heterocycles. The lowest BCUT2D eigenvalue weighted by atomic mass is 9.33. The van der Waals surface area contributed by atoms with Crippen LogP contribution in [0.1, 0.15) is 0 Å². The van der Waals surface area contributed by atoms with Crippen LogP contribution in [0.3, 0.4) is 0 Å². The lowest BCUT2D eigenvalue weighted by Gasteiger charge is -2.45.